The molecule has 6 nitrogen and oxygen atoms in total. The first-order valence-corrected chi connectivity index (χ1v) is 9.81. The fourth-order valence-electron chi connectivity index (χ4n) is 2.26. The summed E-state index contributed by atoms with van der Waals surface area (Å²) in [5, 5.41) is 4.29. The molecule has 0 aliphatic heterocycles. The van der Waals surface area contributed by atoms with E-state index in [9.17, 15) is 4.79 Å². The van der Waals surface area contributed by atoms with E-state index in [0.717, 1.165) is 5.70 Å². The van der Waals surface area contributed by atoms with Crippen molar-refractivity contribution in [2.24, 2.45) is 0 Å². The van der Waals surface area contributed by atoms with Crippen LogP contribution < -0.4 is 16.8 Å². The van der Waals surface area contributed by atoms with Gasteiger partial charge in [0.2, 0.25) is 5.95 Å². The smallest absolute Gasteiger partial charge is 0.221 e. The molecule has 3 aromatic rings. The summed E-state index contributed by atoms with van der Waals surface area (Å²) < 4.78 is 0. The number of benzene rings is 1. The lowest BCUT2D eigenvalue weighted by Crippen LogP contribution is -1.99. The molecule has 2 aromatic heterocycles. The predicted octanol–water partition coefficient (Wildman–Crippen LogP) is 5.10. The number of likely N-dealkylation sites (N-methyl/N-ethyl adjacent to an activating group) is 1. The molecule has 0 atom stereocenters. The number of halogens is 2. The molecule has 0 unspecified atom stereocenters. The Bertz CT molecular complexity index is 1110. The molecule has 0 bridgehead atoms. The van der Waals surface area contributed by atoms with Crippen LogP contribution in [-0.2, 0) is 0 Å². The molecule has 1 aromatic carbocycles. The minimum Gasteiger partial charge on any atom is -0.397 e. The number of nitrogens with zero attached hydrogens (tertiary/aromatic N) is 2. The van der Waals surface area contributed by atoms with Crippen LogP contribution in [0.3, 0.4) is 0 Å². The fraction of sp³-hybridized carbons (Fsp3) is 0.0500. The van der Waals surface area contributed by atoms with Crippen molar-refractivity contribution in [2.75, 3.05) is 18.5 Å². The number of thiophene rings is 1. The number of fused-ring (bicyclic) bond motifs is 1. The molecule has 0 aliphatic carbocycles. The first-order valence-electron chi connectivity index (χ1n) is 8.24. The third-order valence-electron chi connectivity index (χ3n) is 3.69. The Morgan fingerprint density at radius 3 is 2.55 bits per heavy atom. The molecule has 0 saturated carbocycles. The molecule has 5 N–H and O–H groups in total. The van der Waals surface area contributed by atoms with Crippen LogP contribution in [0, 0.1) is 0 Å². The number of aromatic nitrogens is 2. The molecule has 29 heavy (non-hydrogen) atoms. The zero-order valence-corrected chi connectivity index (χ0v) is 17.9. The number of carbonyl (C=O) groups is 1. The largest absolute Gasteiger partial charge is 0.397 e. The summed E-state index contributed by atoms with van der Waals surface area (Å²) in [7, 11) is 1.83. The maximum atomic E-state index is 11.0. The normalized spacial score (nSPS) is 10.4. The van der Waals surface area contributed by atoms with Crippen LogP contribution in [0.4, 0.5) is 11.6 Å². The number of rotatable bonds is 5. The Labute approximate surface area is 182 Å². The number of carbonyl (C=O) groups excluding carboxylic acids is 1. The minimum atomic E-state index is 0.0993. The molecule has 0 radical (unpaired) electrons. The third kappa shape index (κ3) is 5.35. The van der Waals surface area contributed by atoms with E-state index in [0.29, 0.717) is 48.4 Å². The van der Waals surface area contributed by atoms with Crippen LogP contribution in [0.2, 0.25) is 10.0 Å². The number of nitrogens with two attached hydrogens (primary N) is 2. The molecule has 3 rings (SSSR count). The Kier molecular flexibility index (Phi) is 7.78. The number of allylic oxidation sites excluding steroid dienone is 3. The number of hydrogen-bond acceptors (Lipinski definition) is 7. The number of aldehydes is 1. The van der Waals surface area contributed by atoms with Gasteiger partial charge in [-0.15, -0.1) is 11.3 Å². The minimum absolute atomic E-state index is 0.0993. The summed E-state index contributed by atoms with van der Waals surface area (Å²) in [5.74, 6) is 0.0993. The van der Waals surface area contributed by atoms with Crippen molar-refractivity contribution < 1.29 is 4.79 Å². The van der Waals surface area contributed by atoms with Crippen LogP contribution in [0.5, 0.6) is 0 Å². The number of nitrogen functional groups attached to an aromatic ring is 2. The van der Waals surface area contributed by atoms with Crippen molar-refractivity contribution in [1.82, 2.24) is 15.3 Å². The quantitative estimate of drug-likeness (QED) is 0.370. The van der Waals surface area contributed by atoms with Gasteiger partial charge in [0.05, 0.1) is 31.7 Å². The van der Waals surface area contributed by atoms with Gasteiger partial charge in [0, 0.05) is 18.3 Å². The number of hydrogen-bond donors (Lipinski definition) is 3. The lowest BCUT2D eigenvalue weighted by molar-refractivity contribution is 0.112. The summed E-state index contributed by atoms with van der Waals surface area (Å²) in [4.78, 5) is 20.3. The Hall–Kier alpha value is -2.87. The molecule has 0 saturated heterocycles. The molecular formula is C20H19Cl2N5OS. The maximum Gasteiger partial charge on any atom is 0.221 e. The van der Waals surface area contributed by atoms with Crippen molar-refractivity contribution in [2.45, 2.75) is 0 Å². The van der Waals surface area contributed by atoms with Crippen LogP contribution >= 0.6 is 34.5 Å². The molecular weight excluding hydrogens is 429 g/mol. The highest BCUT2D eigenvalue weighted by atomic mass is 35.5. The van der Waals surface area contributed by atoms with Crippen LogP contribution in [0.15, 0.2) is 55.3 Å². The average molecular weight is 448 g/mol. The predicted molar refractivity (Wildman–Crippen MR) is 125 cm³/mol. The molecule has 0 fully saturated rings. The van der Waals surface area contributed by atoms with Crippen molar-refractivity contribution in [3.05, 3.63) is 70.2 Å². The summed E-state index contributed by atoms with van der Waals surface area (Å²) in [6.45, 7) is 7.18. The van der Waals surface area contributed by atoms with E-state index in [2.05, 4.69) is 28.4 Å². The number of nitrogens with one attached hydrogen (secondary N) is 1. The second-order valence-electron chi connectivity index (χ2n) is 5.61. The van der Waals surface area contributed by atoms with Gasteiger partial charge in [-0.2, -0.15) is 0 Å². The van der Waals surface area contributed by atoms with Gasteiger partial charge in [-0.1, -0.05) is 54.6 Å². The van der Waals surface area contributed by atoms with Gasteiger partial charge < -0.3 is 16.8 Å². The van der Waals surface area contributed by atoms with Gasteiger partial charge in [-0.05, 0) is 18.2 Å². The lowest BCUT2D eigenvalue weighted by Gasteiger charge is -2.06. The van der Waals surface area contributed by atoms with E-state index in [1.54, 1.807) is 24.3 Å². The van der Waals surface area contributed by atoms with Gasteiger partial charge in [0.15, 0.2) is 6.29 Å². The van der Waals surface area contributed by atoms with Crippen LogP contribution in [-0.4, -0.2) is 23.3 Å². The van der Waals surface area contributed by atoms with E-state index in [1.807, 2.05) is 19.2 Å². The molecule has 0 spiro atoms. The topological polar surface area (TPSA) is 107 Å². The maximum absolute atomic E-state index is 11.0. The van der Waals surface area contributed by atoms with Crippen molar-refractivity contribution in [3.8, 4) is 11.3 Å². The second kappa shape index (κ2) is 10.1. The van der Waals surface area contributed by atoms with Gasteiger partial charge in [-0.25, -0.2) is 9.97 Å². The monoisotopic (exact) mass is 447 g/mol. The summed E-state index contributed by atoms with van der Waals surface area (Å²) in [5.41, 5.74) is 14.2. The SMILES string of the molecule is C=C/C=C\C(=C)NC.Nc1nc(-c2ccc(Cl)c(Cl)c2)c2c(N)c(C=O)sc2n1. The Balaban J connectivity index is 0.000000321. The Morgan fingerprint density at radius 2 is 1.97 bits per heavy atom. The third-order valence-corrected chi connectivity index (χ3v) is 5.45. The van der Waals surface area contributed by atoms with Gasteiger partial charge in [0.25, 0.3) is 0 Å². The Morgan fingerprint density at radius 1 is 1.24 bits per heavy atom. The standard InChI is InChI=1S/C13H8Cl2N4OS.C7H11N/c14-6-2-1-5(3-7(6)15)11-9-10(16)8(4-20)21-12(9)19-13(17)18-11;1-4-5-6-7(2)8-3/h1-4H,16H2,(H2,17,18,19);4-6,8H,1-2H2,3H3/b;6-5-. The molecule has 0 aliphatic rings. The summed E-state index contributed by atoms with van der Waals surface area (Å²) in [6, 6.07) is 5.09. The zero-order chi connectivity index (χ0) is 21.6. The van der Waals surface area contributed by atoms with Crippen molar-refractivity contribution in [3.63, 3.8) is 0 Å². The van der Waals surface area contributed by atoms with Gasteiger partial charge in [-0.3, -0.25) is 4.79 Å². The fourth-order valence-corrected chi connectivity index (χ4v) is 3.48. The second-order valence-corrected chi connectivity index (χ2v) is 7.45. The average Bonchev–Trinajstić information content (AvgIpc) is 3.03. The number of anilines is 2. The van der Waals surface area contributed by atoms with Crippen LogP contribution in [0.25, 0.3) is 21.5 Å². The van der Waals surface area contributed by atoms with E-state index in [4.69, 9.17) is 34.7 Å². The summed E-state index contributed by atoms with van der Waals surface area (Å²) >= 11 is 13.1. The molecule has 0 amide bonds. The van der Waals surface area contributed by atoms with E-state index in [-0.39, 0.29) is 5.95 Å². The highest BCUT2D eigenvalue weighted by molar-refractivity contribution is 7.21. The van der Waals surface area contributed by atoms with E-state index in [1.165, 1.54) is 11.3 Å². The van der Waals surface area contributed by atoms with Gasteiger partial charge >= 0.3 is 0 Å². The van der Waals surface area contributed by atoms with E-state index >= 15 is 0 Å². The van der Waals surface area contributed by atoms with Crippen molar-refractivity contribution in [1.29, 1.82) is 0 Å². The van der Waals surface area contributed by atoms with Crippen molar-refractivity contribution >= 4 is 62.7 Å². The molecule has 150 valence electrons. The van der Waals surface area contributed by atoms with Crippen LogP contribution in [0.1, 0.15) is 9.67 Å². The first kappa shape index (κ1) is 22.4. The highest BCUT2D eigenvalue weighted by Crippen LogP contribution is 2.39. The lowest BCUT2D eigenvalue weighted by atomic mass is 10.1. The molecule has 9 heteroatoms. The highest BCUT2D eigenvalue weighted by Gasteiger charge is 2.18. The van der Waals surface area contributed by atoms with Gasteiger partial charge in [0.1, 0.15) is 4.83 Å². The van der Waals surface area contributed by atoms with E-state index < -0.39 is 0 Å². The molecule has 2 heterocycles. The first-order chi connectivity index (χ1) is 13.8. The zero-order valence-electron chi connectivity index (χ0n) is 15.6. The summed E-state index contributed by atoms with van der Waals surface area (Å²) in [6.07, 6.45) is 6.09.